The molecule has 0 fully saturated rings. The second kappa shape index (κ2) is 6.95. The first-order valence-electron chi connectivity index (χ1n) is 7.72. The topological polar surface area (TPSA) is 9.23 Å². The molecule has 0 unspecified atom stereocenters. The van der Waals surface area contributed by atoms with Crippen LogP contribution in [0.2, 0.25) is 0 Å². The summed E-state index contributed by atoms with van der Waals surface area (Å²) in [5.74, 6) is 1.00. The van der Waals surface area contributed by atoms with Crippen molar-refractivity contribution < 1.29 is 4.74 Å². The molecule has 0 bridgehead atoms. The number of hydrogen-bond acceptors (Lipinski definition) is 1. The minimum Gasteiger partial charge on any atom is -0.488 e. The summed E-state index contributed by atoms with van der Waals surface area (Å²) in [4.78, 5) is 0. The summed E-state index contributed by atoms with van der Waals surface area (Å²) in [6, 6.07) is 27.1. The van der Waals surface area contributed by atoms with Crippen molar-refractivity contribution in [1.29, 1.82) is 0 Å². The van der Waals surface area contributed by atoms with Gasteiger partial charge in [0.25, 0.3) is 0 Å². The van der Waals surface area contributed by atoms with E-state index in [2.05, 4.69) is 61.5 Å². The number of ether oxygens (including phenoxy) is 1. The highest BCUT2D eigenvalue weighted by atomic mass is 16.5. The van der Waals surface area contributed by atoms with E-state index in [-0.39, 0.29) is 0 Å². The van der Waals surface area contributed by atoms with Crippen LogP contribution in [0.25, 0.3) is 11.1 Å². The predicted octanol–water partition coefficient (Wildman–Crippen LogP) is 5.50. The Bertz CT molecular complexity index is 717. The molecule has 0 amide bonds. The van der Waals surface area contributed by atoms with E-state index in [9.17, 15) is 0 Å². The Balaban J connectivity index is 1.94. The van der Waals surface area contributed by atoms with Gasteiger partial charge in [-0.1, -0.05) is 85.8 Å². The van der Waals surface area contributed by atoms with Crippen LogP contribution in [0.15, 0.2) is 78.9 Å². The minimum absolute atomic E-state index is 0.595. The monoisotopic (exact) mass is 288 g/mol. The van der Waals surface area contributed by atoms with Gasteiger partial charge in [0.1, 0.15) is 12.4 Å². The third kappa shape index (κ3) is 3.20. The first-order chi connectivity index (χ1) is 10.9. The van der Waals surface area contributed by atoms with Crippen molar-refractivity contribution in [3.8, 4) is 16.9 Å². The maximum absolute atomic E-state index is 6.20. The van der Waals surface area contributed by atoms with Gasteiger partial charge in [-0.3, -0.25) is 0 Å². The molecular formula is C21H20O. The SMILES string of the molecule is CCc1cccc(-c2ccccc2)c1OCc1ccccc1. The van der Waals surface area contributed by atoms with Gasteiger partial charge >= 0.3 is 0 Å². The van der Waals surface area contributed by atoms with E-state index in [0.29, 0.717) is 6.61 Å². The second-order valence-electron chi connectivity index (χ2n) is 5.29. The Hall–Kier alpha value is -2.54. The molecule has 0 heterocycles. The number of hydrogen-bond donors (Lipinski definition) is 0. The molecule has 0 spiro atoms. The third-order valence-electron chi connectivity index (χ3n) is 3.79. The van der Waals surface area contributed by atoms with E-state index in [1.54, 1.807) is 0 Å². The molecule has 0 saturated heterocycles. The van der Waals surface area contributed by atoms with Crippen LogP contribution in [-0.2, 0) is 13.0 Å². The number of benzene rings is 3. The fourth-order valence-electron chi connectivity index (χ4n) is 2.61. The van der Waals surface area contributed by atoms with Crippen LogP contribution in [-0.4, -0.2) is 0 Å². The van der Waals surface area contributed by atoms with Crippen molar-refractivity contribution in [2.75, 3.05) is 0 Å². The lowest BCUT2D eigenvalue weighted by molar-refractivity contribution is 0.304. The zero-order valence-corrected chi connectivity index (χ0v) is 12.8. The molecule has 0 atom stereocenters. The summed E-state index contributed by atoms with van der Waals surface area (Å²) in [6.07, 6.45) is 0.963. The van der Waals surface area contributed by atoms with Gasteiger partial charge in [0, 0.05) is 5.56 Å². The van der Waals surface area contributed by atoms with Crippen molar-refractivity contribution in [1.82, 2.24) is 0 Å². The van der Waals surface area contributed by atoms with Gasteiger partial charge in [0.15, 0.2) is 0 Å². The average Bonchev–Trinajstić information content (AvgIpc) is 2.61. The molecule has 0 aliphatic carbocycles. The predicted molar refractivity (Wildman–Crippen MR) is 92.0 cm³/mol. The number of aryl methyl sites for hydroxylation is 1. The molecule has 3 aromatic rings. The van der Waals surface area contributed by atoms with E-state index in [1.807, 2.05) is 24.3 Å². The van der Waals surface area contributed by atoms with Crippen molar-refractivity contribution >= 4 is 0 Å². The van der Waals surface area contributed by atoms with Crippen molar-refractivity contribution in [2.45, 2.75) is 20.0 Å². The second-order valence-corrected chi connectivity index (χ2v) is 5.29. The van der Waals surface area contributed by atoms with Crippen molar-refractivity contribution in [3.05, 3.63) is 90.0 Å². The fraction of sp³-hybridized carbons (Fsp3) is 0.143. The van der Waals surface area contributed by atoms with E-state index in [4.69, 9.17) is 4.74 Å². The van der Waals surface area contributed by atoms with Crippen molar-refractivity contribution in [3.63, 3.8) is 0 Å². The van der Waals surface area contributed by atoms with Gasteiger partial charge in [-0.15, -0.1) is 0 Å². The Labute approximate surface area is 132 Å². The molecule has 0 radical (unpaired) electrons. The van der Waals surface area contributed by atoms with E-state index >= 15 is 0 Å². The summed E-state index contributed by atoms with van der Waals surface area (Å²) in [7, 11) is 0. The molecule has 1 heteroatoms. The molecule has 0 aliphatic rings. The van der Waals surface area contributed by atoms with E-state index in [0.717, 1.165) is 17.7 Å². The smallest absolute Gasteiger partial charge is 0.130 e. The van der Waals surface area contributed by atoms with Gasteiger partial charge < -0.3 is 4.74 Å². The van der Waals surface area contributed by atoms with Crippen molar-refractivity contribution in [2.24, 2.45) is 0 Å². The highest BCUT2D eigenvalue weighted by Crippen LogP contribution is 2.34. The van der Waals surface area contributed by atoms with Crippen LogP contribution in [0.3, 0.4) is 0 Å². The zero-order valence-electron chi connectivity index (χ0n) is 12.8. The lowest BCUT2D eigenvalue weighted by Gasteiger charge is -2.15. The van der Waals surface area contributed by atoms with Crippen LogP contribution < -0.4 is 4.74 Å². The van der Waals surface area contributed by atoms with Gasteiger partial charge in [0.05, 0.1) is 0 Å². The standard InChI is InChI=1S/C21H20O/c1-2-18-14-9-15-20(19-12-7-4-8-13-19)21(18)22-16-17-10-5-3-6-11-17/h3-15H,2,16H2,1H3. The summed E-state index contributed by atoms with van der Waals surface area (Å²) < 4.78 is 6.20. The van der Waals surface area contributed by atoms with Crippen LogP contribution in [0, 0.1) is 0 Å². The number of rotatable bonds is 5. The highest BCUT2D eigenvalue weighted by molar-refractivity contribution is 5.72. The maximum Gasteiger partial charge on any atom is 0.130 e. The normalized spacial score (nSPS) is 10.4. The Morgan fingerprint density at radius 1 is 0.727 bits per heavy atom. The zero-order chi connectivity index (χ0) is 15.2. The van der Waals surface area contributed by atoms with E-state index in [1.165, 1.54) is 16.7 Å². The van der Waals surface area contributed by atoms with Crippen LogP contribution in [0.5, 0.6) is 5.75 Å². The maximum atomic E-state index is 6.20. The Morgan fingerprint density at radius 2 is 1.41 bits per heavy atom. The van der Waals surface area contributed by atoms with Gasteiger partial charge in [-0.25, -0.2) is 0 Å². The Morgan fingerprint density at radius 3 is 2.09 bits per heavy atom. The summed E-state index contributed by atoms with van der Waals surface area (Å²) >= 11 is 0. The molecule has 3 aromatic carbocycles. The summed E-state index contributed by atoms with van der Waals surface area (Å²) in [6.45, 7) is 2.76. The van der Waals surface area contributed by atoms with Crippen LogP contribution in [0.1, 0.15) is 18.1 Å². The molecule has 3 rings (SSSR count). The molecule has 0 saturated carbocycles. The first-order valence-corrected chi connectivity index (χ1v) is 7.72. The lowest BCUT2D eigenvalue weighted by atomic mass is 10.0. The van der Waals surface area contributed by atoms with E-state index < -0.39 is 0 Å². The fourth-order valence-corrected chi connectivity index (χ4v) is 2.61. The van der Waals surface area contributed by atoms with Gasteiger partial charge in [-0.05, 0) is 23.1 Å². The largest absolute Gasteiger partial charge is 0.488 e. The summed E-state index contributed by atoms with van der Waals surface area (Å²) in [5, 5.41) is 0. The molecule has 1 nitrogen and oxygen atoms in total. The minimum atomic E-state index is 0.595. The van der Waals surface area contributed by atoms with Gasteiger partial charge in [-0.2, -0.15) is 0 Å². The van der Waals surface area contributed by atoms with Crippen LogP contribution in [0.4, 0.5) is 0 Å². The van der Waals surface area contributed by atoms with Crippen LogP contribution >= 0.6 is 0 Å². The number of para-hydroxylation sites is 1. The quantitative estimate of drug-likeness (QED) is 0.602. The molecular weight excluding hydrogens is 268 g/mol. The molecule has 0 aromatic heterocycles. The Kier molecular flexibility index (Phi) is 4.55. The average molecular weight is 288 g/mol. The first kappa shape index (κ1) is 14.4. The molecule has 22 heavy (non-hydrogen) atoms. The van der Waals surface area contributed by atoms with Gasteiger partial charge in [0.2, 0.25) is 0 Å². The third-order valence-corrected chi connectivity index (χ3v) is 3.79. The molecule has 110 valence electrons. The molecule has 0 N–H and O–H groups in total. The highest BCUT2D eigenvalue weighted by Gasteiger charge is 2.10. The molecule has 0 aliphatic heterocycles. The summed E-state index contributed by atoms with van der Waals surface area (Å²) in [5.41, 5.74) is 4.79. The lowest BCUT2D eigenvalue weighted by Crippen LogP contribution is -2.00.